The van der Waals surface area contributed by atoms with Gasteiger partial charge >= 0.3 is 5.97 Å². The molecule has 2 N–H and O–H groups in total. The highest BCUT2D eigenvalue weighted by Gasteiger charge is 2.41. The minimum atomic E-state index is -4.09. The number of nitrogens with zero attached hydrogens (tertiary/aromatic N) is 1. The van der Waals surface area contributed by atoms with E-state index in [1.165, 1.54) is 0 Å². The number of carboxylic acid groups (broad SMARTS) is 1. The Kier molecular flexibility index (Phi) is 3.82. The maximum atomic E-state index is 13.1. The molecular formula is C18H15FN2O4S. The molecule has 0 spiro atoms. The van der Waals surface area contributed by atoms with Crippen molar-refractivity contribution in [3.8, 4) is 0 Å². The first-order valence-corrected chi connectivity index (χ1v) is 9.40. The van der Waals surface area contributed by atoms with E-state index >= 15 is 0 Å². The molecule has 0 fully saturated rings. The van der Waals surface area contributed by atoms with Crippen molar-refractivity contribution in [3.05, 3.63) is 65.6 Å². The Morgan fingerprint density at radius 1 is 1.15 bits per heavy atom. The predicted molar refractivity (Wildman–Crippen MR) is 92.6 cm³/mol. The maximum Gasteiger partial charge on any atom is 0.322 e. The van der Waals surface area contributed by atoms with Gasteiger partial charge in [0, 0.05) is 23.0 Å². The van der Waals surface area contributed by atoms with Crippen molar-refractivity contribution in [2.24, 2.45) is 0 Å². The fourth-order valence-electron chi connectivity index (χ4n) is 3.39. The summed E-state index contributed by atoms with van der Waals surface area (Å²) in [5.41, 5.74) is 2.33. The molecule has 1 atom stereocenters. The number of aliphatic carboxylic acids is 1. The molecule has 26 heavy (non-hydrogen) atoms. The second-order valence-electron chi connectivity index (χ2n) is 6.19. The molecule has 1 aromatic heterocycles. The van der Waals surface area contributed by atoms with Gasteiger partial charge in [0.25, 0.3) is 0 Å². The first-order chi connectivity index (χ1) is 12.4. The van der Waals surface area contributed by atoms with Crippen LogP contribution in [0.1, 0.15) is 11.3 Å². The maximum absolute atomic E-state index is 13.1. The predicted octanol–water partition coefficient (Wildman–Crippen LogP) is 2.51. The number of halogens is 1. The van der Waals surface area contributed by atoms with E-state index in [1.54, 1.807) is 0 Å². The van der Waals surface area contributed by atoms with Crippen LogP contribution in [0, 0.1) is 5.82 Å². The van der Waals surface area contributed by atoms with Crippen LogP contribution in [0.25, 0.3) is 10.9 Å². The number of hydrogen-bond acceptors (Lipinski definition) is 3. The van der Waals surface area contributed by atoms with Crippen LogP contribution in [-0.2, 0) is 27.8 Å². The molecule has 4 rings (SSSR count). The summed E-state index contributed by atoms with van der Waals surface area (Å²) in [5, 5.41) is 10.5. The number of fused-ring (bicyclic) bond motifs is 3. The molecule has 2 heterocycles. The number of aromatic nitrogens is 1. The van der Waals surface area contributed by atoms with Crippen LogP contribution in [0.15, 0.2) is 53.4 Å². The minimum absolute atomic E-state index is 0.0646. The lowest BCUT2D eigenvalue weighted by Crippen LogP contribution is -2.48. The summed E-state index contributed by atoms with van der Waals surface area (Å²) < 4.78 is 40.0. The number of hydrogen-bond donors (Lipinski definition) is 2. The zero-order valence-corrected chi connectivity index (χ0v) is 14.3. The Labute approximate surface area is 148 Å². The van der Waals surface area contributed by atoms with Crippen molar-refractivity contribution in [2.45, 2.75) is 23.9 Å². The topological polar surface area (TPSA) is 90.5 Å². The van der Waals surface area contributed by atoms with Crippen molar-refractivity contribution in [3.63, 3.8) is 0 Å². The zero-order chi connectivity index (χ0) is 18.5. The van der Waals surface area contributed by atoms with E-state index in [1.807, 2.05) is 24.3 Å². The molecular weight excluding hydrogens is 359 g/mol. The molecule has 3 aromatic rings. The Balaban J connectivity index is 1.82. The molecule has 0 bridgehead atoms. The van der Waals surface area contributed by atoms with Crippen LogP contribution in [0.2, 0.25) is 0 Å². The Morgan fingerprint density at radius 3 is 2.54 bits per heavy atom. The SMILES string of the molecule is O=C(O)C1Cc2c([nH]c3ccccc23)CN1S(=O)(=O)c1ccc(F)cc1. The third-order valence-corrected chi connectivity index (χ3v) is 6.54. The number of carbonyl (C=O) groups is 1. The van der Waals surface area contributed by atoms with E-state index in [4.69, 9.17) is 0 Å². The molecule has 1 aliphatic heterocycles. The fraction of sp³-hybridized carbons (Fsp3) is 0.167. The summed E-state index contributed by atoms with van der Waals surface area (Å²) in [6, 6.07) is 10.6. The third-order valence-electron chi connectivity index (χ3n) is 4.67. The number of nitrogens with one attached hydrogen (secondary N) is 1. The Hall–Kier alpha value is -2.71. The van der Waals surface area contributed by atoms with Crippen LogP contribution in [0.4, 0.5) is 4.39 Å². The number of benzene rings is 2. The molecule has 0 saturated carbocycles. The van der Waals surface area contributed by atoms with Crippen LogP contribution in [0.3, 0.4) is 0 Å². The van der Waals surface area contributed by atoms with Crippen LogP contribution in [-0.4, -0.2) is 34.8 Å². The molecule has 8 heteroatoms. The Morgan fingerprint density at radius 2 is 1.85 bits per heavy atom. The lowest BCUT2D eigenvalue weighted by Gasteiger charge is -2.32. The monoisotopic (exact) mass is 374 g/mol. The van der Waals surface area contributed by atoms with Gasteiger partial charge in [-0.05, 0) is 35.9 Å². The zero-order valence-electron chi connectivity index (χ0n) is 13.5. The summed E-state index contributed by atoms with van der Waals surface area (Å²) in [6.45, 7) is -0.0826. The first-order valence-electron chi connectivity index (χ1n) is 7.96. The summed E-state index contributed by atoms with van der Waals surface area (Å²) in [5.74, 6) is -1.78. The van der Waals surface area contributed by atoms with Gasteiger partial charge in [0.2, 0.25) is 10.0 Å². The number of para-hydroxylation sites is 1. The molecule has 0 saturated heterocycles. The van der Waals surface area contributed by atoms with Crippen molar-refractivity contribution in [1.29, 1.82) is 0 Å². The van der Waals surface area contributed by atoms with Gasteiger partial charge in [-0.2, -0.15) is 4.31 Å². The standard InChI is InChI=1S/C18H15FN2O4S/c19-11-5-7-12(8-6-11)26(24,25)21-10-16-14(9-17(21)18(22)23)13-3-1-2-4-15(13)20-16/h1-8,17,20H,9-10H2,(H,22,23). The third kappa shape index (κ3) is 2.58. The second kappa shape index (κ2) is 5.93. The largest absolute Gasteiger partial charge is 0.480 e. The van der Waals surface area contributed by atoms with E-state index in [0.717, 1.165) is 45.0 Å². The van der Waals surface area contributed by atoms with Gasteiger partial charge < -0.3 is 10.1 Å². The number of sulfonamides is 1. The minimum Gasteiger partial charge on any atom is -0.480 e. The van der Waals surface area contributed by atoms with Crippen molar-refractivity contribution in [2.75, 3.05) is 0 Å². The van der Waals surface area contributed by atoms with Gasteiger partial charge in [-0.3, -0.25) is 4.79 Å². The van der Waals surface area contributed by atoms with Crippen LogP contribution < -0.4 is 0 Å². The van der Waals surface area contributed by atoms with E-state index < -0.39 is 27.9 Å². The molecule has 0 radical (unpaired) electrons. The number of H-pyrrole nitrogens is 1. The quantitative estimate of drug-likeness (QED) is 0.737. The highest BCUT2D eigenvalue weighted by molar-refractivity contribution is 7.89. The van der Waals surface area contributed by atoms with Gasteiger partial charge in [0.15, 0.2) is 0 Å². The lowest BCUT2D eigenvalue weighted by molar-refractivity contribution is -0.141. The van der Waals surface area contributed by atoms with Crippen molar-refractivity contribution in [1.82, 2.24) is 9.29 Å². The normalized spacial score (nSPS) is 18.0. The number of carboxylic acids is 1. The highest BCUT2D eigenvalue weighted by Crippen LogP contribution is 2.33. The highest BCUT2D eigenvalue weighted by atomic mass is 32.2. The molecule has 0 aliphatic carbocycles. The summed E-state index contributed by atoms with van der Waals surface area (Å²) >= 11 is 0. The molecule has 2 aromatic carbocycles. The lowest BCUT2D eigenvalue weighted by atomic mass is 9.99. The van der Waals surface area contributed by atoms with E-state index in [0.29, 0.717) is 5.69 Å². The molecule has 1 unspecified atom stereocenters. The molecule has 0 amide bonds. The molecule has 134 valence electrons. The van der Waals surface area contributed by atoms with Gasteiger partial charge in [0.05, 0.1) is 11.4 Å². The second-order valence-corrected chi connectivity index (χ2v) is 8.08. The van der Waals surface area contributed by atoms with Gasteiger partial charge in [-0.25, -0.2) is 12.8 Å². The fourth-order valence-corrected chi connectivity index (χ4v) is 4.94. The van der Waals surface area contributed by atoms with Gasteiger partial charge in [-0.15, -0.1) is 0 Å². The van der Waals surface area contributed by atoms with Gasteiger partial charge in [-0.1, -0.05) is 18.2 Å². The van der Waals surface area contributed by atoms with E-state index in [2.05, 4.69) is 4.98 Å². The summed E-state index contributed by atoms with van der Waals surface area (Å²) in [4.78, 5) is 14.8. The summed E-state index contributed by atoms with van der Waals surface area (Å²) in [7, 11) is -4.09. The molecule has 6 nitrogen and oxygen atoms in total. The van der Waals surface area contributed by atoms with E-state index in [9.17, 15) is 22.7 Å². The van der Waals surface area contributed by atoms with Gasteiger partial charge in [0.1, 0.15) is 11.9 Å². The average Bonchev–Trinajstić information content (AvgIpc) is 2.98. The van der Waals surface area contributed by atoms with Crippen molar-refractivity contribution < 1.29 is 22.7 Å². The molecule has 1 aliphatic rings. The first kappa shape index (κ1) is 16.7. The van der Waals surface area contributed by atoms with Crippen LogP contribution >= 0.6 is 0 Å². The van der Waals surface area contributed by atoms with Crippen LogP contribution in [0.5, 0.6) is 0 Å². The number of rotatable bonds is 3. The average molecular weight is 374 g/mol. The Bertz CT molecular complexity index is 1110. The van der Waals surface area contributed by atoms with Crippen molar-refractivity contribution >= 4 is 26.9 Å². The number of aromatic amines is 1. The smallest absolute Gasteiger partial charge is 0.322 e. The summed E-state index contributed by atoms with van der Waals surface area (Å²) in [6.07, 6.45) is 0.0646. The van der Waals surface area contributed by atoms with E-state index in [-0.39, 0.29) is 17.9 Å².